The van der Waals surface area contributed by atoms with Crippen LogP contribution in [0.2, 0.25) is 0 Å². The molecular weight excluding hydrogens is 180 g/mol. The summed E-state index contributed by atoms with van der Waals surface area (Å²) in [4.78, 5) is 21.3. The summed E-state index contributed by atoms with van der Waals surface area (Å²) in [6.45, 7) is 4.04. The number of ketones is 1. The van der Waals surface area contributed by atoms with E-state index in [0.717, 1.165) is 0 Å². The molecule has 1 aliphatic rings. The lowest BCUT2D eigenvalue weighted by Crippen LogP contribution is -2.48. The van der Waals surface area contributed by atoms with Crippen LogP contribution in [-0.4, -0.2) is 34.7 Å². The van der Waals surface area contributed by atoms with Crippen molar-refractivity contribution in [3.63, 3.8) is 0 Å². The predicted octanol–water partition coefficient (Wildman–Crippen LogP) is -0.0819. The Bertz CT molecular complexity index is 217. The summed E-state index contributed by atoms with van der Waals surface area (Å²) in [5, 5.41) is 2.86. The monoisotopic (exact) mass is 190 g/mol. The normalized spacial score (nSPS) is 28.8. The van der Waals surface area contributed by atoms with Gasteiger partial charge in [0.25, 0.3) is 0 Å². The number of carbonyl (C=O) groups excluding carboxylic acids is 2. The zero-order valence-electron chi connectivity index (χ0n) is 7.00. The highest BCUT2D eigenvalue weighted by Crippen LogP contribution is 2.25. The Morgan fingerprint density at radius 2 is 2.33 bits per heavy atom. The summed E-state index contributed by atoms with van der Waals surface area (Å²) in [5.74, 6) is -0.455. The van der Waals surface area contributed by atoms with Gasteiger partial charge < -0.3 is 0 Å². The molecule has 1 unspecified atom stereocenters. The highest BCUT2D eigenvalue weighted by atomic mass is 35.5. The van der Waals surface area contributed by atoms with E-state index in [1.54, 1.807) is 0 Å². The van der Waals surface area contributed by atoms with Crippen LogP contribution in [0.5, 0.6) is 0 Å². The molecular formula is C7H11ClN2O2. The second-order valence-electron chi connectivity index (χ2n) is 3.33. The van der Waals surface area contributed by atoms with Gasteiger partial charge in [-0.3, -0.25) is 14.9 Å². The highest BCUT2D eigenvalue weighted by Gasteiger charge is 2.44. The Labute approximate surface area is 76.0 Å². The standard InChI is InChI=1S/C7H11ClN2O2/c1-7(2)6(5(12)3-11)9-4-10(7)8/h3,6,9H,4H2,1-2H3. The van der Waals surface area contributed by atoms with Crippen LogP contribution in [0.1, 0.15) is 13.8 Å². The van der Waals surface area contributed by atoms with Gasteiger partial charge >= 0.3 is 0 Å². The lowest BCUT2D eigenvalue weighted by atomic mass is 9.94. The van der Waals surface area contributed by atoms with E-state index in [2.05, 4.69) is 5.32 Å². The van der Waals surface area contributed by atoms with Crippen molar-refractivity contribution in [2.45, 2.75) is 25.4 Å². The summed E-state index contributed by atoms with van der Waals surface area (Å²) in [5.41, 5.74) is -0.500. The maximum atomic E-state index is 11.1. The minimum absolute atomic E-state index is 0.329. The number of rotatable bonds is 2. The van der Waals surface area contributed by atoms with E-state index in [9.17, 15) is 9.59 Å². The molecule has 68 valence electrons. The van der Waals surface area contributed by atoms with Crippen molar-refractivity contribution in [3.05, 3.63) is 0 Å². The Morgan fingerprint density at radius 1 is 1.75 bits per heavy atom. The second kappa shape index (κ2) is 3.12. The van der Waals surface area contributed by atoms with Gasteiger partial charge in [0.1, 0.15) is 0 Å². The van der Waals surface area contributed by atoms with E-state index < -0.39 is 17.4 Å². The van der Waals surface area contributed by atoms with Crippen LogP contribution in [0.3, 0.4) is 0 Å². The molecule has 0 aromatic rings. The quantitative estimate of drug-likeness (QED) is 0.376. The van der Waals surface area contributed by atoms with Gasteiger partial charge in [-0.25, -0.2) is 0 Å². The molecule has 0 aromatic heterocycles. The van der Waals surface area contributed by atoms with E-state index in [1.807, 2.05) is 13.8 Å². The molecule has 1 fully saturated rings. The van der Waals surface area contributed by atoms with Crippen molar-refractivity contribution in [1.29, 1.82) is 0 Å². The van der Waals surface area contributed by atoms with Crippen molar-refractivity contribution < 1.29 is 9.59 Å². The fraction of sp³-hybridized carbons (Fsp3) is 0.714. The molecule has 1 saturated heterocycles. The molecule has 0 aliphatic carbocycles. The van der Waals surface area contributed by atoms with E-state index in [-0.39, 0.29) is 0 Å². The molecule has 1 rings (SSSR count). The van der Waals surface area contributed by atoms with Gasteiger partial charge in [-0.1, -0.05) is 0 Å². The van der Waals surface area contributed by atoms with E-state index in [1.165, 1.54) is 4.42 Å². The van der Waals surface area contributed by atoms with Gasteiger partial charge in [0.05, 0.1) is 18.2 Å². The van der Waals surface area contributed by atoms with Crippen molar-refractivity contribution >= 4 is 23.8 Å². The average Bonchev–Trinajstić information content (AvgIpc) is 2.27. The Morgan fingerprint density at radius 3 is 2.67 bits per heavy atom. The van der Waals surface area contributed by atoms with Crippen molar-refractivity contribution in [1.82, 2.24) is 9.74 Å². The molecule has 1 aliphatic heterocycles. The Kier molecular flexibility index (Phi) is 2.51. The van der Waals surface area contributed by atoms with Crippen molar-refractivity contribution in [2.75, 3.05) is 6.67 Å². The highest BCUT2D eigenvalue weighted by molar-refractivity contribution is 6.28. The van der Waals surface area contributed by atoms with Crippen LogP contribution >= 0.6 is 11.8 Å². The zero-order valence-corrected chi connectivity index (χ0v) is 7.76. The predicted molar refractivity (Wildman–Crippen MR) is 44.6 cm³/mol. The number of hydrogen-bond acceptors (Lipinski definition) is 4. The van der Waals surface area contributed by atoms with Gasteiger partial charge in [-0.15, -0.1) is 0 Å². The molecule has 0 spiro atoms. The fourth-order valence-electron chi connectivity index (χ4n) is 1.28. The van der Waals surface area contributed by atoms with Crippen LogP contribution in [-0.2, 0) is 9.59 Å². The number of carbonyl (C=O) groups is 2. The van der Waals surface area contributed by atoms with Crippen LogP contribution in [0.15, 0.2) is 0 Å². The van der Waals surface area contributed by atoms with Gasteiger partial charge in [-0.2, -0.15) is 4.42 Å². The number of nitrogens with one attached hydrogen (secondary N) is 1. The fourth-order valence-corrected chi connectivity index (χ4v) is 1.45. The lowest BCUT2D eigenvalue weighted by molar-refractivity contribution is -0.131. The third kappa shape index (κ3) is 1.37. The Balaban J connectivity index is 2.81. The van der Waals surface area contributed by atoms with E-state index in [4.69, 9.17) is 11.8 Å². The van der Waals surface area contributed by atoms with Crippen LogP contribution < -0.4 is 5.32 Å². The average molecular weight is 191 g/mol. The molecule has 0 radical (unpaired) electrons. The maximum Gasteiger partial charge on any atom is 0.213 e. The summed E-state index contributed by atoms with van der Waals surface area (Å²) in [6.07, 6.45) is 0.329. The van der Waals surface area contributed by atoms with Gasteiger partial charge in [0.2, 0.25) is 5.78 Å². The molecule has 5 heteroatoms. The second-order valence-corrected chi connectivity index (χ2v) is 3.74. The topological polar surface area (TPSA) is 49.4 Å². The number of hydrogen-bond donors (Lipinski definition) is 1. The Hall–Kier alpha value is -0.450. The molecule has 4 nitrogen and oxygen atoms in total. The summed E-state index contributed by atoms with van der Waals surface area (Å²) >= 11 is 5.80. The molecule has 12 heavy (non-hydrogen) atoms. The first-order valence-electron chi connectivity index (χ1n) is 3.66. The van der Waals surface area contributed by atoms with Gasteiger partial charge in [0, 0.05) is 0 Å². The van der Waals surface area contributed by atoms with Gasteiger partial charge in [-0.05, 0) is 25.6 Å². The third-order valence-corrected chi connectivity index (χ3v) is 2.72. The first-order chi connectivity index (χ1) is 5.50. The van der Waals surface area contributed by atoms with E-state index >= 15 is 0 Å². The molecule has 0 saturated carbocycles. The molecule has 0 bridgehead atoms. The SMILES string of the molecule is CC1(C)C(C(=O)C=O)NCN1Cl. The number of aldehydes is 1. The summed E-state index contributed by atoms with van der Waals surface area (Å²) < 4.78 is 1.49. The first kappa shape index (κ1) is 9.64. The number of halogens is 1. The summed E-state index contributed by atoms with van der Waals surface area (Å²) in [6, 6.07) is -0.493. The molecule has 1 heterocycles. The third-order valence-electron chi connectivity index (χ3n) is 2.17. The number of Topliss-reactive ketones (excluding diaryl/α,β-unsaturated/α-hetero) is 1. The zero-order chi connectivity index (χ0) is 9.35. The van der Waals surface area contributed by atoms with E-state index in [0.29, 0.717) is 13.0 Å². The molecule has 1 atom stereocenters. The minimum atomic E-state index is -0.500. The van der Waals surface area contributed by atoms with Crippen LogP contribution in [0.4, 0.5) is 0 Å². The first-order valence-corrected chi connectivity index (χ1v) is 4.00. The lowest BCUT2D eigenvalue weighted by Gasteiger charge is -2.27. The van der Waals surface area contributed by atoms with Crippen LogP contribution in [0.25, 0.3) is 0 Å². The van der Waals surface area contributed by atoms with Crippen LogP contribution in [0, 0.1) is 0 Å². The molecule has 1 N–H and O–H groups in total. The summed E-state index contributed by atoms with van der Waals surface area (Å²) in [7, 11) is 0. The smallest absolute Gasteiger partial charge is 0.213 e. The molecule has 0 aromatic carbocycles. The maximum absolute atomic E-state index is 11.1. The minimum Gasteiger partial charge on any atom is -0.295 e. The number of nitrogens with zero attached hydrogens (tertiary/aromatic N) is 1. The largest absolute Gasteiger partial charge is 0.295 e. The van der Waals surface area contributed by atoms with Crippen molar-refractivity contribution in [3.8, 4) is 0 Å². The molecule has 0 amide bonds. The van der Waals surface area contributed by atoms with Crippen molar-refractivity contribution in [2.24, 2.45) is 0 Å². The van der Waals surface area contributed by atoms with Gasteiger partial charge in [0.15, 0.2) is 6.29 Å².